The van der Waals surface area contributed by atoms with E-state index in [0.29, 0.717) is 9.23 Å². The van der Waals surface area contributed by atoms with Gasteiger partial charge in [-0.25, -0.2) is 0 Å². The normalized spacial score (nSPS) is 15.9. The fourth-order valence-corrected chi connectivity index (χ4v) is 3.60. The van der Waals surface area contributed by atoms with E-state index in [1.807, 2.05) is 42.5 Å². The molecule has 1 heterocycles. The maximum atomic E-state index is 12.7. The molecule has 122 valence electrons. The van der Waals surface area contributed by atoms with Gasteiger partial charge in [0.05, 0.1) is 24.8 Å². The Labute approximate surface area is 150 Å². The summed E-state index contributed by atoms with van der Waals surface area (Å²) in [5.41, 5.74) is 1.62. The monoisotopic (exact) mass is 357 g/mol. The topological polar surface area (TPSA) is 38.8 Å². The van der Waals surface area contributed by atoms with Gasteiger partial charge in [0.15, 0.2) is 4.32 Å². The summed E-state index contributed by atoms with van der Waals surface area (Å²) in [6, 6.07) is 14.8. The largest absolute Gasteiger partial charge is 0.497 e. The van der Waals surface area contributed by atoms with E-state index in [-0.39, 0.29) is 5.91 Å². The van der Waals surface area contributed by atoms with Gasteiger partial charge >= 0.3 is 0 Å². The van der Waals surface area contributed by atoms with Gasteiger partial charge in [-0.15, -0.1) is 0 Å². The summed E-state index contributed by atoms with van der Waals surface area (Å²) in [4.78, 5) is 14.8. The number of thioether (sulfide) groups is 1. The second kappa shape index (κ2) is 7.07. The highest BCUT2D eigenvalue weighted by Gasteiger charge is 2.33. The minimum absolute atomic E-state index is 0.127. The Kier molecular flexibility index (Phi) is 4.87. The summed E-state index contributed by atoms with van der Waals surface area (Å²) >= 11 is 6.67. The number of carbonyl (C=O) groups is 1. The number of amides is 1. The van der Waals surface area contributed by atoms with Crippen LogP contribution in [0.2, 0.25) is 0 Å². The Morgan fingerprint density at radius 1 is 1.04 bits per heavy atom. The number of carbonyl (C=O) groups excluding carboxylic acids is 1. The molecule has 2 aromatic carbocycles. The predicted molar refractivity (Wildman–Crippen MR) is 102 cm³/mol. The molecule has 1 saturated heterocycles. The van der Waals surface area contributed by atoms with E-state index in [1.54, 1.807) is 26.4 Å². The number of anilines is 1. The minimum Gasteiger partial charge on any atom is -0.497 e. The predicted octanol–water partition coefficient (Wildman–Crippen LogP) is 4.11. The molecule has 0 aliphatic carbocycles. The number of hydrogen-bond acceptors (Lipinski definition) is 5. The van der Waals surface area contributed by atoms with Crippen LogP contribution in [0, 0.1) is 0 Å². The summed E-state index contributed by atoms with van der Waals surface area (Å²) in [5.74, 6) is 1.35. The molecule has 0 radical (unpaired) electrons. The van der Waals surface area contributed by atoms with Gasteiger partial charge in [-0.05, 0) is 48.0 Å². The summed E-state index contributed by atoms with van der Waals surface area (Å²) in [6.07, 6.45) is 1.82. The van der Waals surface area contributed by atoms with Crippen molar-refractivity contribution in [1.29, 1.82) is 0 Å². The lowest BCUT2D eigenvalue weighted by Gasteiger charge is -2.14. The molecular weight excluding hydrogens is 342 g/mol. The third-order valence-corrected chi connectivity index (χ3v) is 4.82. The van der Waals surface area contributed by atoms with Crippen LogP contribution in [-0.4, -0.2) is 24.4 Å². The second-order valence-corrected chi connectivity index (χ2v) is 6.67. The zero-order valence-electron chi connectivity index (χ0n) is 13.2. The first-order valence-corrected chi connectivity index (χ1v) is 8.41. The molecule has 6 heteroatoms. The maximum absolute atomic E-state index is 12.7. The van der Waals surface area contributed by atoms with E-state index in [2.05, 4.69) is 0 Å². The van der Waals surface area contributed by atoms with Gasteiger partial charge in [0.1, 0.15) is 11.5 Å². The van der Waals surface area contributed by atoms with Crippen LogP contribution in [0.4, 0.5) is 5.69 Å². The number of methoxy groups -OCH3 is 2. The molecule has 4 nitrogen and oxygen atoms in total. The van der Waals surface area contributed by atoms with Crippen LogP contribution in [0.25, 0.3) is 6.08 Å². The molecule has 0 spiro atoms. The number of hydrogen-bond donors (Lipinski definition) is 0. The van der Waals surface area contributed by atoms with Crippen molar-refractivity contribution in [2.45, 2.75) is 0 Å². The average Bonchev–Trinajstić information content (AvgIpc) is 2.89. The summed E-state index contributed by atoms with van der Waals surface area (Å²) in [5, 5.41) is 0. The molecule has 1 amide bonds. The van der Waals surface area contributed by atoms with Crippen LogP contribution in [0.5, 0.6) is 11.5 Å². The van der Waals surface area contributed by atoms with Crippen LogP contribution in [0.3, 0.4) is 0 Å². The fourth-order valence-electron chi connectivity index (χ4n) is 2.30. The third kappa shape index (κ3) is 3.29. The average molecular weight is 357 g/mol. The van der Waals surface area contributed by atoms with Crippen LogP contribution < -0.4 is 14.4 Å². The standard InChI is InChI=1S/C18H15NO3S2/c1-21-14-8-6-13(7-9-14)19-17(20)16(24-18(19)23)11-12-4-3-5-15(10-12)22-2/h3-11H,1-2H3. The molecule has 1 aliphatic heterocycles. The van der Waals surface area contributed by atoms with Crippen LogP contribution in [-0.2, 0) is 4.79 Å². The second-order valence-electron chi connectivity index (χ2n) is 4.99. The van der Waals surface area contributed by atoms with Crippen LogP contribution >= 0.6 is 24.0 Å². The van der Waals surface area contributed by atoms with E-state index in [4.69, 9.17) is 21.7 Å². The van der Waals surface area contributed by atoms with Crippen LogP contribution in [0.15, 0.2) is 53.4 Å². The van der Waals surface area contributed by atoms with Gasteiger partial charge in [0.25, 0.3) is 5.91 Å². The molecule has 0 bridgehead atoms. The van der Waals surface area contributed by atoms with Gasteiger partial charge in [-0.1, -0.05) is 36.1 Å². The number of rotatable bonds is 4. The number of benzene rings is 2. The molecule has 0 atom stereocenters. The smallest absolute Gasteiger partial charge is 0.270 e. The van der Waals surface area contributed by atoms with Crippen molar-refractivity contribution in [2.24, 2.45) is 0 Å². The van der Waals surface area contributed by atoms with Gasteiger partial charge in [-0.2, -0.15) is 0 Å². The quantitative estimate of drug-likeness (QED) is 0.608. The Morgan fingerprint density at radius 3 is 2.42 bits per heavy atom. The number of thiocarbonyl (C=S) groups is 1. The zero-order valence-corrected chi connectivity index (χ0v) is 14.8. The number of nitrogens with zero attached hydrogens (tertiary/aromatic N) is 1. The number of ether oxygens (including phenoxy) is 2. The fraction of sp³-hybridized carbons (Fsp3) is 0.111. The highest BCUT2D eigenvalue weighted by molar-refractivity contribution is 8.27. The van der Waals surface area contributed by atoms with E-state index < -0.39 is 0 Å². The summed E-state index contributed by atoms with van der Waals surface area (Å²) < 4.78 is 10.9. The first-order valence-electron chi connectivity index (χ1n) is 7.18. The van der Waals surface area contributed by atoms with Crippen molar-refractivity contribution in [3.63, 3.8) is 0 Å². The Hall–Kier alpha value is -2.31. The third-order valence-electron chi connectivity index (χ3n) is 3.52. The summed E-state index contributed by atoms with van der Waals surface area (Å²) in [6.45, 7) is 0. The van der Waals surface area contributed by atoms with Gasteiger partial charge < -0.3 is 9.47 Å². The Balaban J connectivity index is 1.89. The minimum atomic E-state index is -0.127. The maximum Gasteiger partial charge on any atom is 0.270 e. The van der Waals surface area contributed by atoms with Gasteiger partial charge in [-0.3, -0.25) is 9.69 Å². The van der Waals surface area contributed by atoms with Crippen LogP contribution in [0.1, 0.15) is 5.56 Å². The van der Waals surface area contributed by atoms with Crippen molar-refractivity contribution in [3.8, 4) is 11.5 Å². The van der Waals surface area contributed by atoms with Crippen molar-refractivity contribution < 1.29 is 14.3 Å². The van der Waals surface area contributed by atoms with E-state index in [9.17, 15) is 4.79 Å². The Morgan fingerprint density at radius 2 is 1.75 bits per heavy atom. The van der Waals surface area contributed by atoms with Crippen molar-refractivity contribution >= 4 is 46.0 Å². The molecule has 2 aromatic rings. The van der Waals surface area contributed by atoms with Gasteiger partial charge in [0.2, 0.25) is 0 Å². The molecule has 24 heavy (non-hydrogen) atoms. The van der Waals surface area contributed by atoms with Crippen molar-refractivity contribution in [2.75, 3.05) is 19.1 Å². The SMILES string of the molecule is COc1ccc(N2C(=O)C(=Cc3cccc(OC)c3)SC2=S)cc1. The first kappa shape index (κ1) is 16.5. The molecule has 0 aromatic heterocycles. The molecule has 0 unspecified atom stereocenters. The van der Waals surface area contributed by atoms with Crippen molar-refractivity contribution in [1.82, 2.24) is 0 Å². The lowest BCUT2D eigenvalue weighted by atomic mass is 10.2. The molecule has 1 fully saturated rings. The molecule has 0 saturated carbocycles. The van der Waals surface area contributed by atoms with E-state index in [0.717, 1.165) is 22.7 Å². The first-order chi connectivity index (χ1) is 11.6. The highest BCUT2D eigenvalue weighted by atomic mass is 32.2. The zero-order chi connectivity index (χ0) is 17.1. The van der Waals surface area contributed by atoms with E-state index >= 15 is 0 Å². The summed E-state index contributed by atoms with van der Waals surface area (Å²) in [7, 11) is 3.22. The Bertz CT molecular complexity index is 815. The lowest BCUT2D eigenvalue weighted by molar-refractivity contribution is -0.113. The molecular formula is C18H15NO3S2. The molecule has 3 rings (SSSR count). The lowest BCUT2D eigenvalue weighted by Crippen LogP contribution is -2.27. The highest BCUT2D eigenvalue weighted by Crippen LogP contribution is 2.36. The van der Waals surface area contributed by atoms with Crippen molar-refractivity contribution in [3.05, 3.63) is 59.0 Å². The molecule has 0 N–H and O–H groups in total. The van der Waals surface area contributed by atoms with E-state index in [1.165, 1.54) is 16.7 Å². The molecule has 1 aliphatic rings. The van der Waals surface area contributed by atoms with Gasteiger partial charge in [0, 0.05) is 0 Å².